The molecule has 5 rings (SSSR count). The molecule has 0 radical (unpaired) electrons. The summed E-state index contributed by atoms with van der Waals surface area (Å²) in [5.41, 5.74) is -5.03. The van der Waals surface area contributed by atoms with E-state index in [1.54, 1.807) is 30.3 Å². The van der Waals surface area contributed by atoms with E-state index >= 15 is 0 Å². The largest absolute Gasteiger partial charge is 0.433 e. The minimum absolute atomic E-state index is 0.0603. The van der Waals surface area contributed by atoms with Gasteiger partial charge in [-0.1, -0.05) is 42.5 Å². The molecule has 0 spiro atoms. The normalized spacial score (nSPS) is 12.1. The Kier molecular flexibility index (Phi) is 4.74. The van der Waals surface area contributed by atoms with Crippen molar-refractivity contribution in [1.82, 2.24) is 14.6 Å². The van der Waals surface area contributed by atoms with Crippen molar-refractivity contribution in [2.45, 2.75) is 6.18 Å². The number of nitrogens with zero attached hydrogens (tertiary/aromatic N) is 2. The van der Waals surface area contributed by atoms with Crippen molar-refractivity contribution >= 4 is 16.4 Å². The van der Waals surface area contributed by atoms with E-state index in [0.717, 1.165) is 0 Å². The van der Waals surface area contributed by atoms with Gasteiger partial charge in [0.1, 0.15) is 5.69 Å². The third kappa shape index (κ3) is 3.23. The van der Waals surface area contributed by atoms with Crippen LogP contribution in [0.5, 0.6) is 0 Å². The number of nitrogens with one attached hydrogen (secondary N) is 1. The fraction of sp³-hybridized carbons (Fsp3) is 0.0435. The van der Waals surface area contributed by atoms with Crippen LogP contribution < -0.4 is 5.56 Å². The van der Waals surface area contributed by atoms with Gasteiger partial charge in [-0.2, -0.15) is 13.2 Å². The molecule has 2 heterocycles. The first-order valence-corrected chi connectivity index (χ1v) is 9.62. The van der Waals surface area contributed by atoms with E-state index in [4.69, 9.17) is 0 Å². The number of hydrogen-bond acceptors (Lipinski definition) is 2. The number of rotatable bonds is 2. The molecule has 0 amide bonds. The SMILES string of the molecule is O=c1cc(-c2cc(F)c(F)c(F)c2F)nc2c(-c3cccc4ccccc34)c(C(F)(F)F)[nH]n12. The summed E-state index contributed by atoms with van der Waals surface area (Å²) in [6.45, 7) is 0. The van der Waals surface area contributed by atoms with Crippen molar-refractivity contribution in [2.24, 2.45) is 0 Å². The maximum absolute atomic E-state index is 14.4. The lowest BCUT2D eigenvalue weighted by atomic mass is 9.98. The van der Waals surface area contributed by atoms with Crippen LogP contribution in [0.25, 0.3) is 38.8 Å². The predicted molar refractivity (Wildman–Crippen MR) is 109 cm³/mol. The van der Waals surface area contributed by atoms with Crippen LogP contribution in [0.1, 0.15) is 5.69 Å². The van der Waals surface area contributed by atoms with Gasteiger partial charge >= 0.3 is 6.18 Å². The Labute approximate surface area is 184 Å². The van der Waals surface area contributed by atoms with Crippen molar-refractivity contribution in [2.75, 3.05) is 0 Å². The average Bonchev–Trinajstić information content (AvgIpc) is 3.20. The molecule has 0 fully saturated rings. The molecular weight excluding hydrogens is 467 g/mol. The Morgan fingerprint density at radius 1 is 0.824 bits per heavy atom. The molecule has 0 aliphatic heterocycles. The van der Waals surface area contributed by atoms with E-state index < -0.39 is 63.2 Å². The molecule has 11 heteroatoms. The fourth-order valence-corrected chi connectivity index (χ4v) is 3.84. The van der Waals surface area contributed by atoms with Crippen molar-refractivity contribution in [3.05, 3.63) is 93.9 Å². The zero-order valence-electron chi connectivity index (χ0n) is 16.6. The second-order valence-corrected chi connectivity index (χ2v) is 7.37. The van der Waals surface area contributed by atoms with Gasteiger partial charge in [0.2, 0.25) is 0 Å². The summed E-state index contributed by atoms with van der Waals surface area (Å²) in [4.78, 5) is 16.6. The summed E-state index contributed by atoms with van der Waals surface area (Å²) in [7, 11) is 0. The summed E-state index contributed by atoms with van der Waals surface area (Å²) in [5, 5.41) is 2.98. The molecule has 4 nitrogen and oxygen atoms in total. The summed E-state index contributed by atoms with van der Waals surface area (Å²) < 4.78 is 97.7. The highest BCUT2D eigenvalue weighted by molar-refractivity contribution is 6.00. The topological polar surface area (TPSA) is 50.2 Å². The zero-order valence-corrected chi connectivity index (χ0v) is 16.6. The van der Waals surface area contributed by atoms with Crippen molar-refractivity contribution in [3.63, 3.8) is 0 Å². The molecule has 0 unspecified atom stereocenters. The van der Waals surface area contributed by atoms with Crippen LogP contribution in [0.2, 0.25) is 0 Å². The van der Waals surface area contributed by atoms with Gasteiger partial charge in [0, 0.05) is 11.6 Å². The number of H-pyrrole nitrogens is 1. The van der Waals surface area contributed by atoms with Crippen LogP contribution in [0, 0.1) is 23.3 Å². The lowest BCUT2D eigenvalue weighted by Crippen LogP contribution is -2.16. The zero-order chi connectivity index (χ0) is 24.4. The molecule has 5 aromatic rings. The van der Waals surface area contributed by atoms with Gasteiger partial charge in [0.05, 0.1) is 11.3 Å². The molecule has 2 aromatic heterocycles. The minimum atomic E-state index is -4.95. The van der Waals surface area contributed by atoms with E-state index in [9.17, 15) is 35.5 Å². The molecule has 0 saturated heterocycles. The Bertz CT molecular complexity index is 1660. The van der Waals surface area contributed by atoms with Gasteiger partial charge in [-0.25, -0.2) is 27.1 Å². The maximum atomic E-state index is 14.4. The van der Waals surface area contributed by atoms with Crippen LogP contribution >= 0.6 is 0 Å². The lowest BCUT2D eigenvalue weighted by molar-refractivity contribution is -0.140. The van der Waals surface area contributed by atoms with Crippen molar-refractivity contribution < 1.29 is 30.7 Å². The molecule has 1 N–H and O–H groups in total. The summed E-state index contributed by atoms with van der Waals surface area (Å²) >= 11 is 0. The number of fused-ring (bicyclic) bond motifs is 2. The van der Waals surface area contributed by atoms with Gasteiger partial charge in [-0.05, 0) is 22.4 Å². The maximum Gasteiger partial charge on any atom is 0.433 e. The summed E-state index contributed by atoms with van der Waals surface area (Å²) in [5.74, 6) is -7.81. The quantitative estimate of drug-likeness (QED) is 0.190. The van der Waals surface area contributed by atoms with Gasteiger partial charge in [-0.3, -0.25) is 9.89 Å². The first kappa shape index (κ1) is 21.7. The number of halogens is 7. The van der Waals surface area contributed by atoms with E-state index in [0.29, 0.717) is 21.4 Å². The third-order valence-corrected chi connectivity index (χ3v) is 5.34. The van der Waals surface area contributed by atoms with Crippen molar-refractivity contribution in [3.8, 4) is 22.4 Å². The molecule has 3 aromatic carbocycles. The van der Waals surface area contributed by atoms with Crippen molar-refractivity contribution in [1.29, 1.82) is 0 Å². The number of aromatic nitrogens is 3. The van der Waals surface area contributed by atoms with Gasteiger partial charge in [0.15, 0.2) is 28.9 Å². The van der Waals surface area contributed by atoms with Gasteiger partial charge in [-0.15, -0.1) is 0 Å². The first-order valence-electron chi connectivity index (χ1n) is 9.62. The molecule has 0 saturated carbocycles. The molecule has 34 heavy (non-hydrogen) atoms. The van der Waals surface area contributed by atoms with Crippen LogP contribution in [0.4, 0.5) is 30.7 Å². The van der Waals surface area contributed by atoms with Gasteiger partial charge < -0.3 is 0 Å². The predicted octanol–water partition coefficient (Wildman–Crippen LogP) is 6.09. The Morgan fingerprint density at radius 3 is 2.26 bits per heavy atom. The molecular formula is C23H10F7N3O. The molecule has 0 atom stereocenters. The molecule has 172 valence electrons. The summed E-state index contributed by atoms with van der Waals surface area (Å²) in [6.07, 6.45) is -4.95. The second-order valence-electron chi connectivity index (χ2n) is 7.37. The van der Waals surface area contributed by atoms with E-state index in [2.05, 4.69) is 4.98 Å². The highest BCUT2D eigenvalue weighted by Crippen LogP contribution is 2.41. The van der Waals surface area contributed by atoms with E-state index in [1.165, 1.54) is 12.1 Å². The van der Waals surface area contributed by atoms with E-state index in [-0.39, 0.29) is 11.6 Å². The number of hydrogen-bond donors (Lipinski definition) is 1. The highest BCUT2D eigenvalue weighted by atomic mass is 19.4. The van der Waals surface area contributed by atoms with Crippen LogP contribution in [0.3, 0.4) is 0 Å². The molecule has 0 aliphatic rings. The standard InChI is InChI=1S/C23H10F7N3O/c24-14-8-13(18(25)20(27)19(14)26)15-9-16(34)33-22(31-15)17(21(32-33)23(28,29)30)12-7-3-5-10-4-1-2-6-11(10)12/h1-9,32H. The van der Waals surface area contributed by atoms with Crippen LogP contribution in [0.15, 0.2) is 59.4 Å². The molecule has 0 aliphatic carbocycles. The number of aromatic amines is 1. The Morgan fingerprint density at radius 2 is 1.53 bits per heavy atom. The lowest BCUT2D eigenvalue weighted by Gasteiger charge is -2.10. The smallest absolute Gasteiger partial charge is 0.284 e. The fourth-order valence-electron chi connectivity index (χ4n) is 3.84. The van der Waals surface area contributed by atoms with Crippen LogP contribution in [-0.4, -0.2) is 14.6 Å². The van der Waals surface area contributed by atoms with Crippen LogP contribution in [-0.2, 0) is 6.18 Å². The van der Waals surface area contributed by atoms with Gasteiger partial charge in [0.25, 0.3) is 5.56 Å². The highest BCUT2D eigenvalue weighted by Gasteiger charge is 2.38. The third-order valence-electron chi connectivity index (χ3n) is 5.34. The first-order chi connectivity index (χ1) is 16.1. The minimum Gasteiger partial charge on any atom is -0.284 e. The summed E-state index contributed by atoms with van der Waals surface area (Å²) in [6, 6.07) is 12.0. The monoisotopic (exact) mass is 477 g/mol. The average molecular weight is 477 g/mol. The Balaban J connectivity index is 1.91. The van der Waals surface area contributed by atoms with E-state index in [1.807, 2.05) is 5.10 Å². The number of alkyl halides is 3. The second kappa shape index (κ2) is 7.44. The number of benzene rings is 3. The Hall–Kier alpha value is -4.15. The molecule has 0 bridgehead atoms.